The van der Waals surface area contributed by atoms with Gasteiger partial charge in [0.25, 0.3) is 0 Å². The Bertz CT molecular complexity index is 638. The molecule has 0 unspecified atom stereocenters. The molecule has 6 heteroatoms. The summed E-state index contributed by atoms with van der Waals surface area (Å²) in [5, 5.41) is 15.4. The van der Waals surface area contributed by atoms with Crippen LogP contribution in [-0.2, 0) is 11.3 Å². The second-order valence-corrected chi connectivity index (χ2v) is 9.73. The molecule has 0 spiro atoms. The van der Waals surface area contributed by atoms with Crippen LogP contribution in [0.2, 0.25) is 0 Å². The lowest BCUT2D eigenvalue weighted by molar-refractivity contribution is -0.0129. The number of aliphatic hydroxyl groups excluding tert-OH is 1. The highest BCUT2D eigenvalue weighted by Crippen LogP contribution is 2.21. The van der Waals surface area contributed by atoms with E-state index in [4.69, 9.17) is 4.74 Å². The molecule has 1 saturated heterocycles. The van der Waals surface area contributed by atoms with E-state index in [-0.39, 0.29) is 17.6 Å². The van der Waals surface area contributed by atoms with Crippen molar-refractivity contribution in [1.82, 2.24) is 10.2 Å². The molecular formula is C24H41N3O3. The number of amides is 2. The summed E-state index contributed by atoms with van der Waals surface area (Å²) in [5.41, 5.74) is 1.84. The first kappa shape index (κ1) is 24.6. The molecule has 0 aliphatic carbocycles. The van der Waals surface area contributed by atoms with Gasteiger partial charge in [0.15, 0.2) is 0 Å². The maximum atomic E-state index is 12.2. The number of carbonyl (C=O) groups excluding carboxylic acids is 1. The first-order valence-electron chi connectivity index (χ1n) is 11.3. The van der Waals surface area contributed by atoms with E-state index < -0.39 is 0 Å². The van der Waals surface area contributed by atoms with Crippen LogP contribution in [-0.4, -0.2) is 54.0 Å². The fourth-order valence-electron chi connectivity index (χ4n) is 3.97. The van der Waals surface area contributed by atoms with Gasteiger partial charge >= 0.3 is 6.03 Å². The number of carbonyl (C=O) groups is 1. The van der Waals surface area contributed by atoms with Crippen molar-refractivity contribution < 1.29 is 14.6 Å². The van der Waals surface area contributed by atoms with Crippen molar-refractivity contribution in [1.29, 1.82) is 0 Å². The van der Waals surface area contributed by atoms with Crippen molar-refractivity contribution in [2.75, 3.05) is 25.0 Å². The molecule has 0 radical (unpaired) electrons. The van der Waals surface area contributed by atoms with Crippen molar-refractivity contribution in [2.45, 2.75) is 85.1 Å². The van der Waals surface area contributed by atoms with E-state index in [1.807, 2.05) is 26.0 Å². The number of urea groups is 1. The zero-order valence-electron chi connectivity index (χ0n) is 19.4. The number of nitrogens with one attached hydrogen (secondary N) is 2. The van der Waals surface area contributed by atoms with Crippen LogP contribution >= 0.6 is 0 Å². The molecule has 0 aromatic heterocycles. The second kappa shape index (κ2) is 11.7. The topological polar surface area (TPSA) is 73.8 Å². The van der Waals surface area contributed by atoms with Gasteiger partial charge in [0.1, 0.15) is 0 Å². The summed E-state index contributed by atoms with van der Waals surface area (Å²) in [6.45, 7) is 13.5. The minimum absolute atomic E-state index is 0.155. The van der Waals surface area contributed by atoms with Gasteiger partial charge in [-0.2, -0.15) is 0 Å². The van der Waals surface area contributed by atoms with Crippen molar-refractivity contribution in [3.05, 3.63) is 29.8 Å². The van der Waals surface area contributed by atoms with Gasteiger partial charge in [-0.05, 0) is 69.6 Å². The SMILES string of the molecule is CC(C)N(Cc1ccc(NC(=O)NCC(C)(C)C[C@H](C)O)cc1)C[C@@H]1CCCCO1. The molecule has 1 aromatic rings. The zero-order chi connectivity index (χ0) is 22.1. The van der Waals surface area contributed by atoms with Crippen LogP contribution < -0.4 is 10.6 Å². The van der Waals surface area contributed by atoms with E-state index >= 15 is 0 Å². The molecule has 1 heterocycles. The highest BCUT2D eigenvalue weighted by molar-refractivity contribution is 5.89. The fourth-order valence-corrected chi connectivity index (χ4v) is 3.97. The van der Waals surface area contributed by atoms with Gasteiger partial charge in [-0.1, -0.05) is 26.0 Å². The Morgan fingerprint density at radius 1 is 1.23 bits per heavy atom. The predicted octanol–water partition coefficient (Wildman–Crippen LogP) is 4.38. The highest BCUT2D eigenvalue weighted by Gasteiger charge is 2.21. The third kappa shape index (κ3) is 9.02. The van der Waals surface area contributed by atoms with E-state index in [0.717, 1.165) is 31.8 Å². The maximum Gasteiger partial charge on any atom is 0.319 e. The number of benzene rings is 1. The third-order valence-electron chi connectivity index (χ3n) is 5.62. The van der Waals surface area contributed by atoms with Crippen LogP contribution in [0.4, 0.5) is 10.5 Å². The summed E-state index contributed by atoms with van der Waals surface area (Å²) < 4.78 is 5.92. The molecule has 1 aliphatic rings. The number of hydrogen-bond donors (Lipinski definition) is 3. The predicted molar refractivity (Wildman–Crippen MR) is 123 cm³/mol. The summed E-state index contributed by atoms with van der Waals surface area (Å²) in [7, 11) is 0. The van der Waals surface area contributed by atoms with Crippen LogP contribution in [0, 0.1) is 5.41 Å². The highest BCUT2D eigenvalue weighted by atomic mass is 16.5. The van der Waals surface area contributed by atoms with Gasteiger partial charge in [0, 0.05) is 38.0 Å². The molecule has 1 fully saturated rings. The second-order valence-electron chi connectivity index (χ2n) is 9.73. The van der Waals surface area contributed by atoms with Crippen molar-refractivity contribution in [3.63, 3.8) is 0 Å². The molecule has 3 N–H and O–H groups in total. The Kier molecular flexibility index (Phi) is 9.59. The lowest BCUT2D eigenvalue weighted by atomic mass is 9.87. The number of hydrogen-bond acceptors (Lipinski definition) is 4. The van der Waals surface area contributed by atoms with Gasteiger partial charge in [-0.25, -0.2) is 4.79 Å². The van der Waals surface area contributed by atoms with Crippen LogP contribution in [0.3, 0.4) is 0 Å². The summed E-state index contributed by atoms with van der Waals surface area (Å²) in [6.07, 6.45) is 4.18. The molecule has 1 aromatic carbocycles. The largest absolute Gasteiger partial charge is 0.393 e. The van der Waals surface area contributed by atoms with Crippen LogP contribution in [0.25, 0.3) is 0 Å². The number of aliphatic hydroxyl groups is 1. The molecule has 30 heavy (non-hydrogen) atoms. The van der Waals surface area contributed by atoms with Crippen LogP contribution in [0.15, 0.2) is 24.3 Å². The number of anilines is 1. The minimum atomic E-state index is -0.382. The molecule has 0 saturated carbocycles. The lowest BCUT2D eigenvalue weighted by Crippen LogP contribution is -2.39. The molecule has 6 nitrogen and oxygen atoms in total. The quantitative estimate of drug-likeness (QED) is 0.526. The van der Waals surface area contributed by atoms with E-state index in [0.29, 0.717) is 25.1 Å². The zero-order valence-corrected chi connectivity index (χ0v) is 19.4. The number of ether oxygens (including phenoxy) is 1. The van der Waals surface area contributed by atoms with E-state index in [1.54, 1.807) is 6.92 Å². The molecular weight excluding hydrogens is 378 g/mol. The average molecular weight is 420 g/mol. The monoisotopic (exact) mass is 419 g/mol. The van der Waals surface area contributed by atoms with E-state index in [1.165, 1.54) is 18.4 Å². The van der Waals surface area contributed by atoms with Gasteiger partial charge in [0.05, 0.1) is 12.2 Å². The van der Waals surface area contributed by atoms with Crippen LogP contribution in [0.1, 0.15) is 65.9 Å². The third-order valence-corrected chi connectivity index (χ3v) is 5.62. The molecule has 170 valence electrons. The van der Waals surface area contributed by atoms with Gasteiger partial charge in [-0.15, -0.1) is 0 Å². The summed E-state index contributed by atoms with van der Waals surface area (Å²) >= 11 is 0. The maximum absolute atomic E-state index is 12.2. The molecule has 2 amide bonds. The standard InChI is InChI=1S/C24H41N3O3/c1-18(2)27(16-22-8-6-7-13-30-22)15-20-9-11-21(12-10-20)26-23(29)25-17-24(4,5)14-19(3)28/h9-12,18-19,22,28H,6-8,13-17H2,1-5H3,(H2,25,26,29)/t19-,22-/m0/s1. The normalized spacial score (nSPS) is 18.5. The van der Waals surface area contributed by atoms with Crippen molar-refractivity contribution >= 4 is 11.7 Å². The Morgan fingerprint density at radius 3 is 2.50 bits per heavy atom. The summed E-state index contributed by atoms with van der Waals surface area (Å²) in [4.78, 5) is 14.7. The summed E-state index contributed by atoms with van der Waals surface area (Å²) in [6, 6.07) is 8.27. The van der Waals surface area contributed by atoms with Crippen molar-refractivity contribution in [2.24, 2.45) is 5.41 Å². The minimum Gasteiger partial charge on any atom is -0.393 e. The van der Waals surface area contributed by atoms with E-state index in [2.05, 4.69) is 41.5 Å². The molecule has 0 bridgehead atoms. The van der Waals surface area contributed by atoms with Crippen LogP contribution in [0.5, 0.6) is 0 Å². The van der Waals surface area contributed by atoms with E-state index in [9.17, 15) is 9.90 Å². The van der Waals surface area contributed by atoms with Gasteiger partial charge in [0.2, 0.25) is 0 Å². The van der Waals surface area contributed by atoms with Crippen molar-refractivity contribution in [3.8, 4) is 0 Å². The first-order valence-corrected chi connectivity index (χ1v) is 11.3. The molecule has 2 atom stereocenters. The fraction of sp³-hybridized carbons (Fsp3) is 0.708. The number of rotatable bonds is 10. The lowest BCUT2D eigenvalue weighted by Gasteiger charge is -2.32. The van der Waals surface area contributed by atoms with Gasteiger partial charge < -0.3 is 20.5 Å². The Balaban J connectivity index is 1.83. The Morgan fingerprint density at radius 2 is 1.93 bits per heavy atom. The molecule has 1 aliphatic heterocycles. The number of nitrogens with zero attached hydrogens (tertiary/aromatic N) is 1. The molecule has 2 rings (SSSR count). The smallest absolute Gasteiger partial charge is 0.319 e. The summed E-state index contributed by atoms with van der Waals surface area (Å²) in [5.74, 6) is 0. The Hall–Kier alpha value is -1.63. The average Bonchev–Trinajstić information content (AvgIpc) is 2.67. The first-order chi connectivity index (χ1) is 14.1. The Labute approximate surface area is 182 Å². The van der Waals surface area contributed by atoms with Gasteiger partial charge in [-0.3, -0.25) is 4.90 Å².